The van der Waals surface area contributed by atoms with Crippen molar-refractivity contribution in [1.29, 1.82) is 0 Å². The molecule has 36 heavy (non-hydrogen) atoms. The van der Waals surface area contributed by atoms with Gasteiger partial charge in [-0.25, -0.2) is 9.97 Å². The summed E-state index contributed by atoms with van der Waals surface area (Å²) in [5.74, 6) is 1.04. The Morgan fingerprint density at radius 2 is 1.92 bits per heavy atom. The highest BCUT2D eigenvalue weighted by Gasteiger charge is 2.23. The lowest BCUT2D eigenvalue weighted by atomic mass is 10.2. The molecule has 0 unspecified atom stereocenters. The number of amides is 1. The van der Waals surface area contributed by atoms with Gasteiger partial charge in [0.2, 0.25) is 5.95 Å². The topological polar surface area (TPSA) is 124 Å². The second-order valence-corrected chi connectivity index (χ2v) is 9.45. The molecule has 0 bridgehead atoms. The Kier molecular flexibility index (Phi) is 7.57. The average molecular weight is 494 g/mol. The zero-order valence-corrected chi connectivity index (χ0v) is 20.9. The number of nitrogens with one attached hydrogen (secondary N) is 2. The Morgan fingerprint density at radius 1 is 1.11 bits per heavy atom. The number of likely N-dealkylation sites (N-methyl/N-ethyl adjacent to an activating group) is 1. The molecule has 192 valence electrons. The lowest BCUT2D eigenvalue weighted by Gasteiger charge is -2.33. The van der Waals surface area contributed by atoms with Gasteiger partial charge in [-0.15, -0.1) is 0 Å². The van der Waals surface area contributed by atoms with E-state index in [1.807, 2.05) is 17.3 Å². The number of hydrogen-bond acceptors (Lipinski definition) is 9. The maximum absolute atomic E-state index is 12.9. The number of carbonyl (C=O) groups excluding carboxylic acids is 1. The van der Waals surface area contributed by atoms with E-state index in [2.05, 4.69) is 42.0 Å². The molecule has 1 aliphatic heterocycles. The van der Waals surface area contributed by atoms with Crippen LogP contribution in [0.2, 0.25) is 0 Å². The van der Waals surface area contributed by atoms with Crippen molar-refractivity contribution < 1.29 is 9.90 Å². The lowest BCUT2D eigenvalue weighted by molar-refractivity contribution is 0.0637. The summed E-state index contributed by atoms with van der Waals surface area (Å²) in [7, 11) is 0. The van der Waals surface area contributed by atoms with Gasteiger partial charge >= 0.3 is 0 Å². The van der Waals surface area contributed by atoms with Crippen LogP contribution in [0.15, 0.2) is 24.7 Å². The third-order valence-corrected chi connectivity index (χ3v) is 7.11. The highest BCUT2D eigenvalue weighted by Crippen LogP contribution is 2.33. The number of aromatic nitrogens is 5. The van der Waals surface area contributed by atoms with E-state index in [1.165, 1.54) is 12.8 Å². The van der Waals surface area contributed by atoms with Crippen molar-refractivity contribution in [2.24, 2.45) is 0 Å². The van der Waals surface area contributed by atoms with Crippen LogP contribution < -0.4 is 10.6 Å². The number of imidazole rings is 1. The lowest BCUT2D eigenvalue weighted by Crippen LogP contribution is -2.48. The number of anilines is 3. The zero-order valence-electron chi connectivity index (χ0n) is 20.9. The fourth-order valence-corrected chi connectivity index (χ4v) is 4.97. The van der Waals surface area contributed by atoms with E-state index in [1.54, 1.807) is 12.3 Å². The van der Waals surface area contributed by atoms with Gasteiger partial charge < -0.3 is 30.1 Å². The van der Waals surface area contributed by atoms with Crippen LogP contribution in [0, 0.1) is 0 Å². The molecule has 1 saturated heterocycles. The quantitative estimate of drug-likeness (QED) is 0.386. The van der Waals surface area contributed by atoms with Gasteiger partial charge in [0.05, 0.1) is 18.2 Å². The molecule has 5 rings (SSSR count). The van der Waals surface area contributed by atoms with Gasteiger partial charge in [-0.1, -0.05) is 19.8 Å². The van der Waals surface area contributed by atoms with Crippen LogP contribution in [0.4, 0.5) is 17.5 Å². The van der Waals surface area contributed by atoms with Crippen molar-refractivity contribution in [3.05, 3.63) is 30.4 Å². The van der Waals surface area contributed by atoms with Crippen molar-refractivity contribution in [3.63, 3.8) is 0 Å². The van der Waals surface area contributed by atoms with Gasteiger partial charge in [0, 0.05) is 45.4 Å². The first-order chi connectivity index (χ1) is 17.7. The van der Waals surface area contributed by atoms with Crippen LogP contribution in [0.1, 0.15) is 55.6 Å². The van der Waals surface area contributed by atoms with Crippen molar-refractivity contribution in [3.8, 4) is 0 Å². The van der Waals surface area contributed by atoms with Crippen molar-refractivity contribution in [2.75, 3.05) is 56.5 Å². The van der Waals surface area contributed by atoms with Crippen LogP contribution in [0.3, 0.4) is 0 Å². The Bertz CT molecular complexity index is 1170. The summed E-state index contributed by atoms with van der Waals surface area (Å²) in [5.41, 5.74) is 2.65. The summed E-state index contributed by atoms with van der Waals surface area (Å²) in [6.07, 6.45) is 8.81. The van der Waals surface area contributed by atoms with Crippen molar-refractivity contribution >= 4 is 34.5 Å². The van der Waals surface area contributed by atoms with Gasteiger partial charge in [0.15, 0.2) is 17.0 Å². The summed E-state index contributed by atoms with van der Waals surface area (Å²) in [5, 5.41) is 15.7. The molecule has 1 saturated carbocycles. The Balaban J connectivity index is 1.35. The fourth-order valence-electron chi connectivity index (χ4n) is 4.97. The number of nitrogens with zero attached hydrogens (tertiary/aromatic N) is 7. The van der Waals surface area contributed by atoms with E-state index < -0.39 is 0 Å². The van der Waals surface area contributed by atoms with Gasteiger partial charge in [0.25, 0.3) is 5.91 Å². The average Bonchev–Trinajstić information content (AvgIpc) is 3.59. The minimum atomic E-state index is -0.0348. The number of pyridine rings is 1. The SMILES string of the molecule is CCN1CCN(C(=O)c2ccc(Nc3nc(NCCCO)nc4c3ncn4C3CCCC3)cn2)CC1. The predicted molar refractivity (Wildman–Crippen MR) is 139 cm³/mol. The van der Waals surface area contributed by atoms with Gasteiger partial charge in [-0.3, -0.25) is 4.79 Å². The van der Waals surface area contributed by atoms with Crippen molar-refractivity contribution in [2.45, 2.75) is 45.1 Å². The maximum Gasteiger partial charge on any atom is 0.272 e. The van der Waals surface area contributed by atoms with Crippen LogP contribution in [-0.2, 0) is 0 Å². The highest BCUT2D eigenvalue weighted by atomic mass is 16.3. The standard InChI is InChI=1S/C25H35N9O2/c1-2-32-11-13-33(14-12-32)24(36)20-9-8-18(16-27-20)29-22-21-23(31-25(30-22)26-10-5-15-35)34(17-28-21)19-6-3-4-7-19/h8-9,16-17,19,35H,2-7,10-15H2,1H3,(H2,26,29,30,31). The largest absolute Gasteiger partial charge is 0.396 e. The summed E-state index contributed by atoms with van der Waals surface area (Å²) < 4.78 is 2.16. The van der Waals surface area contributed by atoms with E-state index in [0.717, 1.165) is 56.9 Å². The summed E-state index contributed by atoms with van der Waals surface area (Å²) >= 11 is 0. The van der Waals surface area contributed by atoms with E-state index >= 15 is 0 Å². The molecule has 0 aromatic carbocycles. The molecule has 11 heteroatoms. The first kappa shape index (κ1) is 24.4. The van der Waals surface area contributed by atoms with E-state index in [0.29, 0.717) is 42.0 Å². The molecule has 1 amide bonds. The normalized spacial score (nSPS) is 17.1. The maximum atomic E-state index is 12.9. The highest BCUT2D eigenvalue weighted by molar-refractivity contribution is 5.93. The smallest absolute Gasteiger partial charge is 0.272 e. The van der Waals surface area contributed by atoms with Gasteiger partial charge in [-0.05, 0) is 37.9 Å². The molecular weight excluding hydrogens is 458 g/mol. The number of carbonyl (C=O) groups is 1. The fraction of sp³-hybridized carbons (Fsp3) is 0.560. The van der Waals surface area contributed by atoms with E-state index in [4.69, 9.17) is 10.1 Å². The first-order valence-corrected chi connectivity index (χ1v) is 13.0. The number of rotatable bonds is 9. The number of fused-ring (bicyclic) bond motifs is 1. The summed E-state index contributed by atoms with van der Waals surface area (Å²) in [6.45, 7) is 7.07. The minimum Gasteiger partial charge on any atom is -0.396 e. The molecule has 1 aliphatic carbocycles. The molecule has 0 radical (unpaired) electrons. The summed E-state index contributed by atoms with van der Waals surface area (Å²) in [4.78, 5) is 35.6. The number of hydrogen-bond donors (Lipinski definition) is 3. The molecule has 2 fully saturated rings. The predicted octanol–water partition coefficient (Wildman–Crippen LogP) is 2.65. The molecule has 3 N–H and O–H groups in total. The molecule has 11 nitrogen and oxygen atoms in total. The molecule has 0 spiro atoms. The molecule has 4 heterocycles. The third-order valence-electron chi connectivity index (χ3n) is 7.11. The number of aliphatic hydroxyl groups excluding tert-OH is 1. The Labute approximate surface area is 211 Å². The zero-order chi connectivity index (χ0) is 24.9. The third kappa shape index (κ3) is 5.26. The second kappa shape index (κ2) is 11.2. The number of piperazine rings is 1. The molecule has 3 aromatic heterocycles. The van der Waals surface area contributed by atoms with E-state index in [9.17, 15) is 4.79 Å². The van der Waals surface area contributed by atoms with Crippen LogP contribution >= 0.6 is 0 Å². The van der Waals surface area contributed by atoms with Gasteiger partial charge in [-0.2, -0.15) is 9.97 Å². The van der Waals surface area contributed by atoms with Crippen molar-refractivity contribution in [1.82, 2.24) is 34.3 Å². The first-order valence-electron chi connectivity index (χ1n) is 13.0. The minimum absolute atomic E-state index is 0.0348. The Morgan fingerprint density at radius 3 is 2.61 bits per heavy atom. The van der Waals surface area contributed by atoms with Crippen LogP contribution in [0.5, 0.6) is 0 Å². The number of aliphatic hydroxyl groups is 1. The Hall–Kier alpha value is -3.31. The van der Waals surface area contributed by atoms with Crippen LogP contribution in [-0.4, -0.2) is 91.2 Å². The molecular formula is C25H35N9O2. The molecule has 2 aliphatic rings. The molecule has 0 atom stereocenters. The van der Waals surface area contributed by atoms with Gasteiger partial charge in [0.1, 0.15) is 5.69 Å². The molecule has 3 aromatic rings. The van der Waals surface area contributed by atoms with Crippen LogP contribution in [0.25, 0.3) is 11.2 Å². The summed E-state index contributed by atoms with van der Waals surface area (Å²) in [6, 6.07) is 4.00. The van der Waals surface area contributed by atoms with E-state index in [-0.39, 0.29) is 12.5 Å². The monoisotopic (exact) mass is 493 g/mol. The second-order valence-electron chi connectivity index (χ2n) is 9.45.